The first kappa shape index (κ1) is 24.2. The Kier molecular flexibility index (Phi) is 7.53. The summed E-state index contributed by atoms with van der Waals surface area (Å²) in [5, 5.41) is 4.21. The molecule has 1 amide bonds. The summed E-state index contributed by atoms with van der Waals surface area (Å²) < 4.78 is 27.0. The van der Waals surface area contributed by atoms with E-state index >= 15 is 0 Å². The molecule has 34 heavy (non-hydrogen) atoms. The standard InChI is InChI=1S/C24H22Cl2N4O3S/c25-21-7-6-20(14-22(21)26)34(32,33)30-12-11-27-23(31)8-3-16-1-4-17(5-2-16)19-13-18-9-10-28-24(18)29-15-19/h1-2,4-7,9-10,13-15,30H,3,8,11-12H2,(H,27,31)(H,28,29). The van der Waals surface area contributed by atoms with Crippen LogP contribution in [-0.4, -0.2) is 37.4 Å². The molecule has 0 saturated carbocycles. The van der Waals surface area contributed by atoms with Crippen LogP contribution in [0.1, 0.15) is 12.0 Å². The monoisotopic (exact) mass is 516 g/mol. The zero-order chi connectivity index (χ0) is 24.1. The first-order valence-electron chi connectivity index (χ1n) is 10.6. The molecule has 2 heterocycles. The molecular formula is C24H22Cl2N4O3S. The molecule has 0 unspecified atom stereocenters. The zero-order valence-electron chi connectivity index (χ0n) is 18.0. The first-order chi connectivity index (χ1) is 16.3. The van der Waals surface area contributed by atoms with E-state index in [0.29, 0.717) is 12.8 Å². The number of carbonyl (C=O) groups excluding carboxylic acids is 1. The summed E-state index contributed by atoms with van der Waals surface area (Å²) >= 11 is 11.7. The maximum Gasteiger partial charge on any atom is 0.240 e. The lowest BCUT2D eigenvalue weighted by Gasteiger charge is -2.09. The highest BCUT2D eigenvalue weighted by Crippen LogP contribution is 2.25. The minimum atomic E-state index is -3.74. The van der Waals surface area contributed by atoms with Gasteiger partial charge in [-0.1, -0.05) is 47.5 Å². The average molecular weight is 517 g/mol. The van der Waals surface area contributed by atoms with Crippen molar-refractivity contribution < 1.29 is 13.2 Å². The van der Waals surface area contributed by atoms with Gasteiger partial charge in [-0.05, 0) is 47.9 Å². The Hall–Kier alpha value is -2.91. The van der Waals surface area contributed by atoms with E-state index in [2.05, 4.69) is 26.1 Å². The summed E-state index contributed by atoms with van der Waals surface area (Å²) in [4.78, 5) is 19.7. The van der Waals surface area contributed by atoms with Crippen LogP contribution in [0.25, 0.3) is 22.2 Å². The molecule has 0 radical (unpaired) electrons. The predicted octanol–water partition coefficient (Wildman–Crippen LogP) is 4.56. The molecule has 0 fully saturated rings. The number of H-pyrrole nitrogens is 1. The number of aromatic nitrogens is 2. The summed E-state index contributed by atoms with van der Waals surface area (Å²) in [5.41, 5.74) is 3.97. The normalized spacial score (nSPS) is 11.6. The molecular weight excluding hydrogens is 495 g/mol. The number of pyridine rings is 1. The molecule has 0 atom stereocenters. The van der Waals surface area contributed by atoms with Crippen molar-refractivity contribution in [3.8, 4) is 11.1 Å². The molecule has 7 nitrogen and oxygen atoms in total. The fourth-order valence-electron chi connectivity index (χ4n) is 3.42. The number of sulfonamides is 1. The van der Waals surface area contributed by atoms with Crippen molar-refractivity contribution in [2.45, 2.75) is 17.7 Å². The quantitative estimate of drug-likeness (QED) is 0.283. The number of aromatic amines is 1. The average Bonchev–Trinajstić information content (AvgIpc) is 3.30. The summed E-state index contributed by atoms with van der Waals surface area (Å²) in [6.07, 6.45) is 4.57. The molecule has 10 heteroatoms. The Balaban J connectivity index is 1.22. The number of carbonyl (C=O) groups is 1. The van der Waals surface area contributed by atoms with Gasteiger partial charge in [-0.3, -0.25) is 4.79 Å². The minimum absolute atomic E-state index is 0.0143. The highest BCUT2D eigenvalue weighted by molar-refractivity contribution is 7.89. The lowest BCUT2D eigenvalue weighted by atomic mass is 10.0. The van der Waals surface area contributed by atoms with Gasteiger partial charge in [0.2, 0.25) is 15.9 Å². The molecule has 0 spiro atoms. The highest BCUT2D eigenvalue weighted by Gasteiger charge is 2.15. The second-order valence-corrected chi connectivity index (χ2v) is 10.2. The maximum absolute atomic E-state index is 12.3. The van der Waals surface area contributed by atoms with Gasteiger partial charge >= 0.3 is 0 Å². The van der Waals surface area contributed by atoms with Crippen molar-refractivity contribution in [1.29, 1.82) is 0 Å². The lowest BCUT2D eigenvalue weighted by molar-refractivity contribution is -0.121. The van der Waals surface area contributed by atoms with Gasteiger partial charge in [0.25, 0.3) is 0 Å². The Labute approximate surface area is 207 Å². The van der Waals surface area contributed by atoms with E-state index in [1.807, 2.05) is 42.7 Å². The van der Waals surface area contributed by atoms with Crippen molar-refractivity contribution in [2.75, 3.05) is 13.1 Å². The van der Waals surface area contributed by atoms with Crippen LogP contribution >= 0.6 is 23.2 Å². The highest BCUT2D eigenvalue weighted by atomic mass is 35.5. The fraction of sp³-hybridized carbons (Fsp3) is 0.167. The first-order valence-corrected chi connectivity index (χ1v) is 12.8. The number of halogens is 2. The van der Waals surface area contributed by atoms with Crippen LogP contribution < -0.4 is 10.0 Å². The Bertz CT molecular complexity index is 1420. The molecule has 176 valence electrons. The van der Waals surface area contributed by atoms with Gasteiger partial charge in [0.15, 0.2) is 0 Å². The molecule has 4 aromatic rings. The van der Waals surface area contributed by atoms with Crippen LogP contribution in [0.15, 0.2) is 71.9 Å². The van der Waals surface area contributed by atoms with Gasteiger partial charge in [0.1, 0.15) is 5.65 Å². The summed E-state index contributed by atoms with van der Waals surface area (Å²) in [6.45, 7) is 0.232. The number of hydrogen-bond donors (Lipinski definition) is 3. The van der Waals surface area contributed by atoms with Gasteiger partial charge in [-0.2, -0.15) is 0 Å². The van der Waals surface area contributed by atoms with E-state index in [4.69, 9.17) is 23.2 Å². The maximum atomic E-state index is 12.3. The molecule has 0 saturated heterocycles. The molecule has 3 N–H and O–H groups in total. The number of rotatable bonds is 9. The number of nitrogens with one attached hydrogen (secondary N) is 3. The largest absolute Gasteiger partial charge is 0.355 e. The molecule has 2 aromatic carbocycles. The van der Waals surface area contributed by atoms with Crippen molar-refractivity contribution in [1.82, 2.24) is 20.0 Å². The van der Waals surface area contributed by atoms with E-state index < -0.39 is 10.0 Å². The molecule has 0 aliphatic carbocycles. The van der Waals surface area contributed by atoms with Crippen molar-refractivity contribution >= 4 is 50.2 Å². The van der Waals surface area contributed by atoms with Gasteiger partial charge in [-0.15, -0.1) is 0 Å². The number of amides is 1. The van der Waals surface area contributed by atoms with E-state index in [1.54, 1.807) is 0 Å². The second kappa shape index (κ2) is 10.6. The van der Waals surface area contributed by atoms with Gasteiger partial charge in [-0.25, -0.2) is 18.1 Å². The Morgan fingerprint density at radius 3 is 2.50 bits per heavy atom. The van der Waals surface area contributed by atoms with E-state index in [0.717, 1.165) is 27.7 Å². The molecule has 2 aromatic heterocycles. The summed E-state index contributed by atoms with van der Waals surface area (Å²) in [7, 11) is -3.74. The third-order valence-corrected chi connectivity index (χ3v) is 7.47. The minimum Gasteiger partial charge on any atom is -0.355 e. The third kappa shape index (κ3) is 5.95. The lowest BCUT2D eigenvalue weighted by Crippen LogP contribution is -2.34. The van der Waals surface area contributed by atoms with Crippen LogP contribution in [0.2, 0.25) is 10.0 Å². The molecule has 4 rings (SSSR count). The smallest absolute Gasteiger partial charge is 0.240 e. The van der Waals surface area contributed by atoms with Crippen molar-refractivity contribution in [3.63, 3.8) is 0 Å². The zero-order valence-corrected chi connectivity index (χ0v) is 20.3. The van der Waals surface area contributed by atoms with Gasteiger partial charge in [0, 0.05) is 42.9 Å². The van der Waals surface area contributed by atoms with Crippen LogP contribution in [0.5, 0.6) is 0 Å². The summed E-state index contributed by atoms with van der Waals surface area (Å²) in [5.74, 6) is -0.153. The number of aryl methyl sites for hydroxylation is 1. The Morgan fingerprint density at radius 1 is 0.941 bits per heavy atom. The van der Waals surface area contributed by atoms with Crippen molar-refractivity contribution in [3.05, 3.63) is 82.6 Å². The molecule has 0 aliphatic heterocycles. The van der Waals surface area contributed by atoms with Crippen LogP contribution in [0.4, 0.5) is 0 Å². The topological polar surface area (TPSA) is 104 Å². The van der Waals surface area contributed by atoms with Gasteiger partial charge < -0.3 is 10.3 Å². The predicted molar refractivity (Wildman–Crippen MR) is 135 cm³/mol. The summed E-state index contributed by atoms with van der Waals surface area (Å²) in [6, 6.07) is 16.2. The van der Waals surface area contributed by atoms with E-state index in [1.165, 1.54) is 18.2 Å². The van der Waals surface area contributed by atoms with E-state index in [-0.39, 0.29) is 33.9 Å². The second-order valence-electron chi connectivity index (χ2n) is 7.66. The van der Waals surface area contributed by atoms with Crippen LogP contribution in [0, 0.1) is 0 Å². The molecule has 0 aliphatic rings. The van der Waals surface area contributed by atoms with Crippen molar-refractivity contribution in [2.24, 2.45) is 0 Å². The number of fused-ring (bicyclic) bond motifs is 1. The third-order valence-electron chi connectivity index (χ3n) is 5.27. The van der Waals surface area contributed by atoms with Gasteiger partial charge in [0.05, 0.1) is 14.9 Å². The molecule has 0 bridgehead atoms. The number of benzene rings is 2. The fourth-order valence-corrected chi connectivity index (χ4v) is 4.84. The SMILES string of the molecule is O=C(CCc1ccc(-c2cnc3[nH]ccc3c2)cc1)NCCNS(=O)(=O)c1ccc(Cl)c(Cl)c1. The number of nitrogens with zero attached hydrogens (tertiary/aromatic N) is 1. The van der Waals surface area contributed by atoms with E-state index in [9.17, 15) is 13.2 Å². The van der Waals surface area contributed by atoms with Crippen LogP contribution in [0.3, 0.4) is 0 Å². The Morgan fingerprint density at radius 2 is 1.74 bits per heavy atom. The number of hydrogen-bond acceptors (Lipinski definition) is 4. The van der Waals surface area contributed by atoms with Crippen LogP contribution in [-0.2, 0) is 21.2 Å².